The van der Waals surface area contributed by atoms with Gasteiger partial charge in [-0.3, -0.25) is 4.79 Å². The van der Waals surface area contributed by atoms with E-state index in [1.165, 1.54) is 0 Å². The molecule has 8 nitrogen and oxygen atoms in total. The highest BCUT2D eigenvalue weighted by Crippen LogP contribution is 2.32. The summed E-state index contributed by atoms with van der Waals surface area (Å²) < 4.78 is 12.9. The van der Waals surface area contributed by atoms with E-state index in [0.29, 0.717) is 30.7 Å². The maximum atomic E-state index is 12.5. The molecule has 0 saturated carbocycles. The number of hydrogen-bond acceptors (Lipinski definition) is 6. The van der Waals surface area contributed by atoms with E-state index in [1.54, 1.807) is 6.20 Å². The Kier molecular flexibility index (Phi) is 6.18. The van der Waals surface area contributed by atoms with Crippen molar-refractivity contribution in [1.82, 2.24) is 25.6 Å². The van der Waals surface area contributed by atoms with Crippen LogP contribution in [-0.4, -0.2) is 47.2 Å². The van der Waals surface area contributed by atoms with Crippen LogP contribution in [0.1, 0.15) is 47.9 Å². The Morgan fingerprint density at radius 3 is 2.78 bits per heavy atom. The zero-order valence-corrected chi connectivity index (χ0v) is 16.0. The van der Waals surface area contributed by atoms with Gasteiger partial charge in [-0.15, -0.1) is 17.5 Å². The minimum atomic E-state index is -0.229. The Morgan fingerprint density at radius 1 is 1.26 bits per heavy atom. The number of amides is 1. The van der Waals surface area contributed by atoms with E-state index < -0.39 is 0 Å². The van der Waals surface area contributed by atoms with Crippen molar-refractivity contribution in [2.24, 2.45) is 0 Å². The molecular formula is C18H24ClN5O3. The Labute approximate surface area is 164 Å². The summed E-state index contributed by atoms with van der Waals surface area (Å²) in [5.74, 6) is 1.22. The van der Waals surface area contributed by atoms with E-state index in [-0.39, 0.29) is 24.4 Å². The van der Waals surface area contributed by atoms with Gasteiger partial charge in [-0.2, -0.15) is 0 Å². The number of piperidine rings is 1. The van der Waals surface area contributed by atoms with Crippen LogP contribution >= 0.6 is 12.4 Å². The molecule has 146 valence electrons. The number of carbonyl (C=O) groups excluding carboxylic acids is 1. The van der Waals surface area contributed by atoms with Crippen LogP contribution in [0.3, 0.4) is 0 Å². The first-order valence-corrected chi connectivity index (χ1v) is 9.03. The van der Waals surface area contributed by atoms with E-state index in [9.17, 15) is 4.79 Å². The molecule has 9 heteroatoms. The maximum Gasteiger partial charge on any atom is 0.273 e. The molecule has 1 atom stereocenters. The van der Waals surface area contributed by atoms with E-state index in [2.05, 4.69) is 20.9 Å². The number of halogens is 1. The molecule has 2 N–H and O–H groups in total. The smallest absolute Gasteiger partial charge is 0.273 e. The standard InChI is InChI=1S/C18H23N5O3.ClH/c1-12(13-2-3-16-17(10-13)26-9-8-25-16)20-18(24)15-11-23(22-21-15)14-4-6-19-7-5-14;/h2-3,10-12,14,19H,4-9H2,1H3,(H,20,24);1H. The summed E-state index contributed by atoms with van der Waals surface area (Å²) in [6.07, 6.45) is 3.73. The van der Waals surface area contributed by atoms with E-state index in [4.69, 9.17) is 9.47 Å². The molecular weight excluding hydrogens is 370 g/mol. The van der Waals surface area contributed by atoms with Crippen molar-refractivity contribution in [1.29, 1.82) is 0 Å². The molecule has 1 aromatic heterocycles. The Morgan fingerprint density at radius 2 is 2.00 bits per heavy atom. The first-order valence-electron chi connectivity index (χ1n) is 9.03. The van der Waals surface area contributed by atoms with Crippen molar-refractivity contribution < 1.29 is 14.3 Å². The lowest BCUT2D eigenvalue weighted by molar-refractivity contribution is 0.0934. The van der Waals surface area contributed by atoms with Crippen LogP contribution in [0.4, 0.5) is 0 Å². The van der Waals surface area contributed by atoms with Gasteiger partial charge >= 0.3 is 0 Å². The molecule has 27 heavy (non-hydrogen) atoms. The van der Waals surface area contributed by atoms with E-state index in [0.717, 1.165) is 37.2 Å². The van der Waals surface area contributed by atoms with Crippen LogP contribution in [0.15, 0.2) is 24.4 Å². The van der Waals surface area contributed by atoms with Gasteiger partial charge in [-0.1, -0.05) is 11.3 Å². The Balaban J connectivity index is 0.00000210. The largest absolute Gasteiger partial charge is 0.486 e. The number of nitrogens with zero attached hydrogens (tertiary/aromatic N) is 3. The van der Waals surface area contributed by atoms with Crippen LogP contribution in [0.2, 0.25) is 0 Å². The monoisotopic (exact) mass is 393 g/mol. The number of hydrogen-bond donors (Lipinski definition) is 2. The quantitative estimate of drug-likeness (QED) is 0.824. The highest BCUT2D eigenvalue weighted by Gasteiger charge is 2.21. The number of ether oxygens (including phenoxy) is 2. The normalized spacial score (nSPS) is 17.7. The number of carbonyl (C=O) groups is 1. The molecule has 2 aliphatic rings. The van der Waals surface area contributed by atoms with Crippen molar-refractivity contribution in [3.63, 3.8) is 0 Å². The lowest BCUT2D eigenvalue weighted by atomic mass is 10.1. The highest BCUT2D eigenvalue weighted by atomic mass is 35.5. The van der Waals surface area contributed by atoms with Crippen molar-refractivity contribution in [3.8, 4) is 11.5 Å². The lowest BCUT2D eigenvalue weighted by Crippen LogP contribution is -2.29. The van der Waals surface area contributed by atoms with Crippen molar-refractivity contribution in [3.05, 3.63) is 35.7 Å². The lowest BCUT2D eigenvalue weighted by Gasteiger charge is -2.22. The van der Waals surface area contributed by atoms with Crippen LogP contribution in [0, 0.1) is 0 Å². The summed E-state index contributed by atoms with van der Waals surface area (Å²) in [7, 11) is 0. The van der Waals surface area contributed by atoms with Gasteiger partial charge in [0.25, 0.3) is 5.91 Å². The molecule has 1 aromatic carbocycles. The van der Waals surface area contributed by atoms with Gasteiger partial charge in [0.15, 0.2) is 17.2 Å². The zero-order valence-electron chi connectivity index (χ0n) is 15.2. The van der Waals surface area contributed by atoms with Gasteiger partial charge in [0.2, 0.25) is 0 Å². The predicted octanol–water partition coefficient (Wildman–Crippen LogP) is 1.89. The van der Waals surface area contributed by atoms with Crippen LogP contribution in [0.25, 0.3) is 0 Å². The van der Waals surface area contributed by atoms with Gasteiger partial charge < -0.3 is 20.1 Å². The molecule has 1 unspecified atom stereocenters. The first kappa shape index (κ1) is 19.4. The van der Waals surface area contributed by atoms with Crippen molar-refractivity contribution >= 4 is 18.3 Å². The average Bonchev–Trinajstić information content (AvgIpc) is 3.18. The third kappa shape index (κ3) is 4.33. The van der Waals surface area contributed by atoms with Gasteiger partial charge in [0.1, 0.15) is 13.2 Å². The summed E-state index contributed by atoms with van der Waals surface area (Å²) >= 11 is 0. The number of fused-ring (bicyclic) bond motifs is 1. The van der Waals surface area contributed by atoms with Gasteiger partial charge in [-0.25, -0.2) is 4.68 Å². The molecule has 1 saturated heterocycles. The molecule has 1 fully saturated rings. The number of nitrogens with one attached hydrogen (secondary N) is 2. The minimum absolute atomic E-state index is 0. The number of benzene rings is 1. The summed E-state index contributed by atoms with van der Waals surface area (Å²) in [6, 6.07) is 5.85. The fourth-order valence-electron chi connectivity index (χ4n) is 3.31. The molecule has 0 spiro atoms. The SMILES string of the molecule is CC(NC(=O)c1cn(C2CCNCC2)nn1)c1ccc2c(c1)OCCO2.Cl. The summed E-state index contributed by atoms with van der Waals surface area (Å²) in [4.78, 5) is 12.5. The topological polar surface area (TPSA) is 90.3 Å². The Bertz CT molecular complexity index is 791. The van der Waals surface area contributed by atoms with Gasteiger partial charge in [0, 0.05) is 0 Å². The van der Waals surface area contributed by atoms with Crippen LogP contribution in [-0.2, 0) is 0 Å². The first-order chi connectivity index (χ1) is 12.7. The van der Waals surface area contributed by atoms with Gasteiger partial charge in [-0.05, 0) is 50.6 Å². The Hall–Kier alpha value is -2.32. The fourth-order valence-corrected chi connectivity index (χ4v) is 3.31. The molecule has 4 rings (SSSR count). The molecule has 0 radical (unpaired) electrons. The highest BCUT2D eigenvalue weighted by molar-refractivity contribution is 5.92. The van der Waals surface area contributed by atoms with E-state index >= 15 is 0 Å². The molecule has 1 amide bonds. The van der Waals surface area contributed by atoms with Crippen LogP contribution < -0.4 is 20.1 Å². The second-order valence-electron chi connectivity index (χ2n) is 6.66. The molecule has 3 heterocycles. The average molecular weight is 394 g/mol. The van der Waals surface area contributed by atoms with Crippen molar-refractivity contribution in [2.75, 3.05) is 26.3 Å². The molecule has 0 aliphatic carbocycles. The minimum Gasteiger partial charge on any atom is -0.486 e. The van der Waals surface area contributed by atoms with Gasteiger partial charge in [0.05, 0.1) is 18.3 Å². The number of aromatic nitrogens is 3. The third-order valence-electron chi connectivity index (χ3n) is 4.84. The maximum absolute atomic E-state index is 12.5. The second-order valence-corrected chi connectivity index (χ2v) is 6.66. The summed E-state index contributed by atoms with van der Waals surface area (Å²) in [5, 5.41) is 14.5. The summed E-state index contributed by atoms with van der Waals surface area (Å²) in [6.45, 7) is 4.96. The summed E-state index contributed by atoms with van der Waals surface area (Å²) in [5.41, 5.74) is 1.29. The third-order valence-corrected chi connectivity index (χ3v) is 4.84. The fraction of sp³-hybridized carbons (Fsp3) is 0.500. The molecule has 2 aliphatic heterocycles. The number of rotatable bonds is 4. The van der Waals surface area contributed by atoms with E-state index in [1.807, 2.05) is 29.8 Å². The zero-order chi connectivity index (χ0) is 17.9. The second kappa shape index (κ2) is 8.58. The molecule has 0 bridgehead atoms. The van der Waals surface area contributed by atoms with Crippen molar-refractivity contribution in [2.45, 2.75) is 31.8 Å². The predicted molar refractivity (Wildman–Crippen MR) is 102 cm³/mol. The molecule has 2 aromatic rings. The van der Waals surface area contributed by atoms with Crippen LogP contribution in [0.5, 0.6) is 11.5 Å².